The first-order chi connectivity index (χ1) is 9.70. The topological polar surface area (TPSA) is 73.6 Å². The van der Waals surface area contributed by atoms with Crippen LogP contribution >= 0.6 is 0 Å². The van der Waals surface area contributed by atoms with Crippen LogP contribution in [0, 0.1) is 0 Å². The molecule has 118 valence electrons. The molecule has 1 rings (SSSR count). The van der Waals surface area contributed by atoms with Gasteiger partial charge in [-0.1, -0.05) is 19.1 Å². The summed E-state index contributed by atoms with van der Waals surface area (Å²) in [6.07, 6.45) is -0.435. The third-order valence-corrected chi connectivity index (χ3v) is 3.26. The van der Waals surface area contributed by atoms with Crippen LogP contribution in [-0.2, 0) is 10.2 Å². The van der Waals surface area contributed by atoms with Crippen LogP contribution in [0.2, 0.25) is 0 Å². The van der Waals surface area contributed by atoms with Crippen LogP contribution < -0.4 is 15.8 Å². The minimum absolute atomic E-state index is 0.358. The highest BCUT2D eigenvalue weighted by atomic mass is 16.6. The van der Waals surface area contributed by atoms with E-state index < -0.39 is 11.7 Å². The van der Waals surface area contributed by atoms with E-state index in [0.29, 0.717) is 13.1 Å². The summed E-state index contributed by atoms with van der Waals surface area (Å²) in [6, 6.07) is 7.69. The first kappa shape index (κ1) is 17.3. The predicted molar refractivity (Wildman–Crippen MR) is 83.6 cm³/mol. The fourth-order valence-electron chi connectivity index (χ4n) is 1.87. The Morgan fingerprint density at radius 2 is 1.76 bits per heavy atom. The third kappa shape index (κ3) is 5.27. The van der Waals surface area contributed by atoms with Crippen LogP contribution in [0.5, 0.6) is 5.75 Å². The summed E-state index contributed by atoms with van der Waals surface area (Å²) < 4.78 is 10.4. The molecule has 5 heteroatoms. The number of benzene rings is 1. The second kappa shape index (κ2) is 6.80. The van der Waals surface area contributed by atoms with Gasteiger partial charge in [-0.25, -0.2) is 4.79 Å². The molecule has 21 heavy (non-hydrogen) atoms. The van der Waals surface area contributed by atoms with Gasteiger partial charge in [0.05, 0.1) is 7.11 Å². The molecule has 1 aromatic carbocycles. The molecule has 0 radical (unpaired) electrons. The Balaban J connectivity index is 2.73. The lowest BCUT2D eigenvalue weighted by Crippen LogP contribution is -2.45. The maximum atomic E-state index is 11.8. The fraction of sp³-hybridized carbons (Fsp3) is 0.562. The average molecular weight is 294 g/mol. The van der Waals surface area contributed by atoms with Crippen LogP contribution in [0.1, 0.15) is 33.3 Å². The van der Waals surface area contributed by atoms with Crippen LogP contribution in [0.25, 0.3) is 0 Å². The van der Waals surface area contributed by atoms with Crippen molar-refractivity contribution in [2.45, 2.75) is 38.7 Å². The van der Waals surface area contributed by atoms with Gasteiger partial charge in [-0.3, -0.25) is 0 Å². The molecule has 1 aromatic rings. The molecule has 0 saturated carbocycles. The van der Waals surface area contributed by atoms with Gasteiger partial charge in [0.25, 0.3) is 0 Å². The Labute approximate surface area is 126 Å². The first-order valence-corrected chi connectivity index (χ1v) is 7.02. The number of carbonyl (C=O) groups excluding carboxylic acids is 1. The lowest BCUT2D eigenvalue weighted by Gasteiger charge is -2.29. The molecule has 3 N–H and O–H groups in total. The Hall–Kier alpha value is -1.75. The van der Waals surface area contributed by atoms with E-state index in [1.807, 2.05) is 52.0 Å². The molecule has 0 spiro atoms. The van der Waals surface area contributed by atoms with Crippen molar-refractivity contribution in [2.75, 3.05) is 20.2 Å². The summed E-state index contributed by atoms with van der Waals surface area (Å²) >= 11 is 0. The van der Waals surface area contributed by atoms with Crippen molar-refractivity contribution >= 4 is 6.09 Å². The molecule has 0 bridgehead atoms. The molecule has 5 nitrogen and oxygen atoms in total. The number of rotatable bonds is 5. The Morgan fingerprint density at radius 1 is 1.19 bits per heavy atom. The fourth-order valence-corrected chi connectivity index (χ4v) is 1.87. The van der Waals surface area contributed by atoms with Gasteiger partial charge in [-0.2, -0.15) is 0 Å². The molecule has 0 aliphatic rings. The highest BCUT2D eigenvalue weighted by Gasteiger charge is 2.27. The van der Waals surface area contributed by atoms with Crippen LogP contribution in [0.3, 0.4) is 0 Å². The smallest absolute Gasteiger partial charge is 0.407 e. The second-order valence-electron chi connectivity index (χ2n) is 6.35. The number of hydrogen-bond donors (Lipinski definition) is 2. The van der Waals surface area contributed by atoms with E-state index >= 15 is 0 Å². The number of amides is 1. The Bertz CT molecular complexity index is 465. The van der Waals surface area contributed by atoms with Crippen LogP contribution in [0.4, 0.5) is 4.79 Å². The molecule has 0 aliphatic heterocycles. The van der Waals surface area contributed by atoms with Gasteiger partial charge in [-0.05, 0) is 38.5 Å². The molecule has 0 aromatic heterocycles. The molecular weight excluding hydrogens is 268 g/mol. The maximum Gasteiger partial charge on any atom is 0.407 e. The van der Waals surface area contributed by atoms with Crippen molar-refractivity contribution in [1.82, 2.24) is 5.32 Å². The van der Waals surface area contributed by atoms with Crippen molar-refractivity contribution in [3.8, 4) is 5.75 Å². The van der Waals surface area contributed by atoms with Crippen molar-refractivity contribution < 1.29 is 14.3 Å². The van der Waals surface area contributed by atoms with E-state index in [2.05, 4.69) is 5.32 Å². The van der Waals surface area contributed by atoms with Crippen molar-refractivity contribution in [2.24, 2.45) is 5.73 Å². The zero-order valence-electron chi connectivity index (χ0n) is 13.5. The van der Waals surface area contributed by atoms with Gasteiger partial charge >= 0.3 is 6.09 Å². The van der Waals surface area contributed by atoms with E-state index in [1.165, 1.54) is 0 Å². The number of alkyl carbamates (subject to hydrolysis) is 1. The maximum absolute atomic E-state index is 11.8. The number of nitrogens with one attached hydrogen (secondary N) is 1. The molecule has 0 saturated heterocycles. The molecule has 0 aliphatic carbocycles. The van der Waals surface area contributed by atoms with Crippen molar-refractivity contribution in [3.05, 3.63) is 29.8 Å². The van der Waals surface area contributed by atoms with Crippen molar-refractivity contribution in [1.29, 1.82) is 0 Å². The van der Waals surface area contributed by atoms with E-state index in [9.17, 15) is 4.79 Å². The van der Waals surface area contributed by atoms with Gasteiger partial charge in [0.15, 0.2) is 0 Å². The number of hydrogen-bond acceptors (Lipinski definition) is 4. The quantitative estimate of drug-likeness (QED) is 0.874. The zero-order valence-corrected chi connectivity index (χ0v) is 13.5. The van der Waals surface area contributed by atoms with Gasteiger partial charge in [0, 0.05) is 18.5 Å². The summed E-state index contributed by atoms with van der Waals surface area (Å²) in [5, 5.41) is 2.79. The summed E-state index contributed by atoms with van der Waals surface area (Å²) in [6.45, 7) is 8.32. The molecule has 1 unspecified atom stereocenters. The normalized spacial score (nSPS) is 14.2. The van der Waals surface area contributed by atoms with Crippen LogP contribution in [0.15, 0.2) is 24.3 Å². The SMILES string of the molecule is COc1ccc(C(C)(CN)CNC(=O)OC(C)(C)C)cc1. The second-order valence-corrected chi connectivity index (χ2v) is 6.35. The Morgan fingerprint density at radius 3 is 2.19 bits per heavy atom. The minimum Gasteiger partial charge on any atom is -0.497 e. The number of carbonyl (C=O) groups is 1. The highest BCUT2D eigenvalue weighted by Crippen LogP contribution is 2.24. The Kier molecular flexibility index (Phi) is 5.61. The monoisotopic (exact) mass is 294 g/mol. The molecule has 1 atom stereocenters. The third-order valence-electron chi connectivity index (χ3n) is 3.26. The van der Waals surface area contributed by atoms with Gasteiger partial charge < -0.3 is 20.5 Å². The lowest BCUT2D eigenvalue weighted by molar-refractivity contribution is 0.0516. The summed E-state index contributed by atoms with van der Waals surface area (Å²) in [5.41, 5.74) is 6.07. The minimum atomic E-state index is -0.511. The van der Waals surface area contributed by atoms with E-state index in [1.54, 1.807) is 7.11 Å². The van der Waals surface area contributed by atoms with Gasteiger partial charge in [0.2, 0.25) is 0 Å². The molecule has 1 amide bonds. The molecule has 0 heterocycles. The summed E-state index contributed by atoms with van der Waals surface area (Å²) in [7, 11) is 1.63. The van der Waals surface area contributed by atoms with E-state index in [-0.39, 0.29) is 5.41 Å². The number of methoxy groups -OCH3 is 1. The largest absolute Gasteiger partial charge is 0.497 e. The number of nitrogens with two attached hydrogens (primary N) is 1. The number of ether oxygens (including phenoxy) is 2. The lowest BCUT2D eigenvalue weighted by atomic mass is 9.82. The van der Waals surface area contributed by atoms with Gasteiger partial charge in [0.1, 0.15) is 11.4 Å². The first-order valence-electron chi connectivity index (χ1n) is 7.02. The summed E-state index contributed by atoms with van der Waals surface area (Å²) in [5.74, 6) is 0.790. The average Bonchev–Trinajstić information content (AvgIpc) is 2.43. The summed E-state index contributed by atoms with van der Waals surface area (Å²) in [4.78, 5) is 11.8. The molecular formula is C16H26N2O3. The zero-order chi connectivity index (χ0) is 16.1. The van der Waals surface area contributed by atoms with E-state index in [4.69, 9.17) is 15.2 Å². The van der Waals surface area contributed by atoms with Crippen LogP contribution in [-0.4, -0.2) is 31.9 Å². The predicted octanol–water partition coefficient (Wildman–Crippen LogP) is 2.44. The molecule has 0 fully saturated rings. The standard InChI is InChI=1S/C16H26N2O3/c1-15(2,3)21-14(19)18-11-16(4,10-17)12-6-8-13(20-5)9-7-12/h6-9H,10-11,17H2,1-5H3,(H,18,19). The van der Waals surface area contributed by atoms with E-state index in [0.717, 1.165) is 11.3 Å². The highest BCUT2D eigenvalue weighted by molar-refractivity contribution is 5.67. The van der Waals surface area contributed by atoms with Gasteiger partial charge in [-0.15, -0.1) is 0 Å². The van der Waals surface area contributed by atoms with Crippen molar-refractivity contribution in [3.63, 3.8) is 0 Å².